The second kappa shape index (κ2) is 8.68. The Balaban J connectivity index is 1.48. The highest BCUT2D eigenvalue weighted by atomic mass is 16.2. The first kappa shape index (κ1) is 19.5. The maximum absolute atomic E-state index is 13.2. The molecule has 1 saturated carbocycles. The molecule has 0 atom stereocenters. The van der Waals surface area contributed by atoms with E-state index in [2.05, 4.69) is 17.0 Å². The molecule has 1 fully saturated rings. The molecule has 1 aromatic heterocycles. The molecule has 1 heterocycles. The van der Waals surface area contributed by atoms with Crippen molar-refractivity contribution in [2.45, 2.75) is 51.1 Å². The molecule has 0 saturated heterocycles. The van der Waals surface area contributed by atoms with Gasteiger partial charge in [-0.25, -0.2) is 4.79 Å². The Morgan fingerprint density at radius 2 is 1.66 bits per heavy atom. The number of para-hydroxylation sites is 2. The van der Waals surface area contributed by atoms with Crippen molar-refractivity contribution >= 4 is 16.9 Å². The number of aryl methyl sites for hydroxylation is 2. The molecule has 5 nitrogen and oxygen atoms in total. The van der Waals surface area contributed by atoms with Crippen molar-refractivity contribution in [3.63, 3.8) is 0 Å². The van der Waals surface area contributed by atoms with Crippen molar-refractivity contribution < 1.29 is 4.79 Å². The average Bonchev–Trinajstić information content (AvgIpc) is 3.36. The van der Waals surface area contributed by atoms with Crippen molar-refractivity contribution in [1.29, 1.82) is 0 Å². The first-order valence-electron chi connectivity index (χ1n) is 10.6. The van der Waals surface area contributed by atoms with Crippen LogP contribution in [0.1, 0.15) is 37.7 Å². The Hall–Kier alpha value is -2.82. The minimum absolute atomic E-state index is 0.0595. The van der Waals surface area contributed by atoms with Crippen LogP contribution in [0.4, 0.5) is 0 Å². The topological polar surface area (TPSA) is 47.2 Å². The smallest absolute Gasteiger partial charge is 0.328 e. The fraction of sp³-hybridized carbons (Fsp3) is 0.417. The second-order valence-electron chi connectivity index (χ2n) is 7.99. The maximum atomic E-state index is 13.2. The van der Waals surface area contributed by atoms with Gasteiger partial charge in [-0.3, -0.25) is 13.9 Å². The van der Waals surface area contributed by atoms with Gasteiger partial charge < -0.3 is 4.90 Å². The van der Waals surface area contributed by atoms with Crippen LogP contribution in [0.25, 0.3) is 11.0 Å². The van der Waals surface area contributed by atoms with Crippen LogP contribution in [0.5, 0.6) is 0 Å². The molecule has 1 amide bonds. The van der Waals surface area contributed by atoms with Gasteiger partial charge in [0.2, 0.25) is 5.91 Å². The number of nitrogens with zero attached hydrogens (tertiary/aromatic N) is 3. The molecular weight excluding hydrogens is 362 g/mol. The fourth-order valence-electron chi connectivity index (χ4n) is 4.55. The van der Waals surface area contributed by atoms with Crippen LogP contribution in [0.2, 0.25) is 0 Å². The third-order valence-corrected chi connectivity index (χ3v) is 6.17. The largest absolute Gasteiger partial charge is 0.339 e. The van der Waals surface area contributed by atoms with Gasteiger partial charge in [0.15, 0.2) is 0 Å². The number of rotatable bonds is 7. The van der Waals surface area contributed by atoms with E-state index < -0.39 is 0 Å². The van der Waals surface area contributed by atoms with Gasteiger partial charge in [-0.15, -0.1) is 0 Å². The number of imidazole rings is 1. The quantitative estimate of drug-likeness (QED) is 0.616. The maximum Gasteiger partial charge on any atom is 0.328 e. The summed E-state index contributed by atoms with van der Waals surface area (Å²) in [6.07, 6.45) is 5.81. The van der Waals surface area contributed by atoms with Gasteiger partial charge in [0.25, 0.3) is 0 Å². The summed E-state index contributed by atoms with van der Waals surface area (Å²) in [5.41, 5.74) is 3.00. The van der Waals surface area contributed by atoms with Crippen molar-refractivity contribution in [1.82, 2.24) is 14.0 Å². The highest BCUT2D eigenvalue weighted by molar-refractivity contribution is 5.78. The molecule has 0 N–H and O–H groups in total. The number of carbonyl (C=O) groups is 1. The normalized spacial score (nSPS) is 14.5. The average molecular weight is 392 g/mol. The van der Waals surface area contributed by atoms with Gasteiger partial charge >= 0.3 is 5.69 Å². The molecule has 0 spiro atoms. The summed E-state index contributed by atoms with van der Waals surface area (Å²) < 4.78 is 3.39. The van der Waals surface area contributed by atoms with Gasteiger partial charge in [0.05, 0.1) is 11.0 Å². The lowest BCUT2D eigenvalue weighted by molar-refractivity contribution is -0.133. The summed E-state index contributed by atoms with van der Waals surface area (Å²) in [6.45, 7) is 1.17. The molecule has 1 aliphatic carbocycles. The lowest BCUT2D eigenvalue weighted by Crippen LogP contribution is -2.41. The number of benzene rings is 2. The molecule has 3 aromatic rings. The lowest BCUT2D eigenvalue weighted by Gasteiger charge is -2.29. The van der Waals surface area contributed by atoms with Crippen molar-refractivity contribution in [2.24, 2.45) is 7.05 Å². The minimum Gasteiger partial charge on any atom is -0.339 e. The molecule has 0 unspecified atom stereocenters. The molecule has 29 heavy (non-hydrogen) atoms. The SMILES string of the molecule is Cn1c(=O)n(CCC(=O)N(CCc2ccccc2)C2CCCC2)c2ccccc21. The van der Waals surface area contributed by atoms with Crippen molar-refractivity contribution in [3.05, 3.63) is 70.6 Å². The standard InChI is InChI=1S/C24H29N3O2/c1-25-21-13-7-8-14-22(21)27(24(25)29)18-16-23(28)26(20-11-5-6-12-20)17-15-19-9-3-2-4-10-19/h2-4,7-10,13-14,20H,5-6,11-12,15-18H2,1H3. The predicted molar refractivity (Wildman–Crippen MR) is 116 cm³/mol. The zero-order valence-electron chi connectivity index (χ0n) is 17.1. The number of aromatic nitrogens is 2. The van der Waals surface area contributed by atoms with E-state index in [0.29, 0.717) is 19.0 Å². The van der Waals surface area contributed by atoms with Gasteiger partial charge in [-0.1, -0.05) is 55.3 Å². The molecule has 2 aromatic carbocycles. The number of hydrogen-bond acceptors (Lipinski definition) is 2. The highest BCUT2D eigenvalue weighted by Crippen LogP contribution is 2.24. The van der Waals surface area contributed by atoms with Crippen LogP contribution >= 0.6 is 0 Å². The van der Waals surface area contributed by atoms with E-state index >= 15 is 0 Å². The van der Waals surface area contributed by atoms with Crippen LogP contribution in [-0.2, 0) is 24.8 Å². The first-order chi connectivity index (χ1) is 14.1. The van der Waals surface area contributed by atoms with Crippen LogP contribution < -0.4 is 5.69 Å². The van der Waals surface area contributed by atoms with E-state index in [1.165, 1.54) is 18.4 Å². The summed E-state index contributed by atoms with van der Waals surface area (Å²) in [6, 6.07) is 18.5. The fourth-order valence-corrected chi connectivity index (χ4v) is 4.55. The summed E-state index contributed by atoms with van der Waals surface area (Å²) in [5.74, 6) is 0.160. The van der Waals surface area contributed by atoms with E-state index in [-0.39, 0.29) is 11.6 Å². The lowest BCUT2D eigenvalue weighted by atomic mass is 10.1. The third-order valence-electron chi connectivity index (χ3n) is 6.17. The molecule has 1 aliphatic rings. The molecule has 152 valence electrons. The summed E-state index contributed by atoms with van der Waals surface area (Å²) in [7, 11) is 1.79. The third kappa shape index (κ3) is 4.14. The van der Waals surface area contributed by atoms with E-state index in [1.807, 2.05) is 42.5 Å². The van der Waals surface area contributed by atoms with Gasteiger partial charge in [-0.05, 0) is 37.0 Å². The predicted octanol–water partition coefficient (Wildman–Crippen LogP) is 3.74. The Kier molecular flexibility index (Phi) is 5.84. The highest BCUT2D eigenvalue weighted by Gasteiger charge is 2.26. The second-order valence-corrected chi connectivity index (χ2v) is 7.99. The number of amides is 1. The van der Waals surface area contributed by atoms with Crippen LogP contribution in [0.3, 0.4) is 0 Å². The van der Waals surface area contributed by atoms with E-state index in [9.17, 15) is 9.59 Å². The van der Waals surface area contributed by atoms with Crippen molar-refractivity contribution in [3.8, 4) is 0 Å². The van der Waals surface area contributed by atoms with Crippen LogP contribution in [-0.4, -0.2) is 32.5 Å². The first-order valence-corrected chi connectivity index (χ1v) is 10.6. The Bertz CT molecular complexity index is 1030. The number of fused-ring (bicyclic) bond motifs is 1. The molecule has 5 heteroatoms. The van der Waals surface area contributed by atoms with Gasteiger partial charge in [0.1, 0.15) is 0 Å². The molecular formula is C24H29N3O2. The van der Waals surface area contributed by atoms with Gasteiger partial charge in [0, 0.05) is 32.6 Å². The van der Waals surface area contributed by atoms with E-state index in [4.69, 9.17) is 0 Å². The molecule has 0 radical (unpaired) electrons. The van der Waals surface area contributed by atoms with E-state index in [0.717, 1.165) is 36.8 Å². The summed E-state index contributed by atoms with van der Waals surface area (Å²) >= 11 is 0. The van der Waals surface area contributed by atoms with Crippen LogP contribution in [0, 0.1) is 0 Å². The Labute approximate surface area is 171 Å². The molecule has 0 bridgehead atoms. The Morgan fingerprint density at radius 1 is 1.00 bits per heavy atom. The monoisotopic (exact) mass is 391 g/mol. The zero-order chi connectivity index (χ0) is 20.2. The minimum atomic E-state index is -0.0595. The van der Waals surface area contributed by atoms with Crippen LogP contribution in [0.15, 0.2) is 59.4 Å². The summed E-state index contributed by atoms with van der Waals surface area (Å²) in [4.78, 5) is 27.9. The Morgan fingerprint density at radius 3 is 2.38 bits per heavy atom. The van der Waals surface area contributed by atoms with E-state index in [1.54, 1.807) is 16.2 Å². The number of carbonyl (C=O) groups excluding carboxylic acids is 1. The zero-order valence-corrected chi connectivity index (χ0v) is 17.1. The van der Waals surface area contributed by atoms with Gasteiger partial charge in [-0.2, -0.15) is 0 Å². The number of hydrogen-bond donors (Lipinski definition) is 0. The van der Waals surface area contributed by atoms with Crippen molar-refractivity contribution in [2.75, 3.05) is 6.54 Å². The summed E-state index contributed by atoms with van der Waals surface area (Å²) in [5, 5.41) is 0. The molecule has 4 rings (SSSR count). The molecule has 0 aliphatic heterocycles.